The van der Waals surface area contributed by atoms with Gasteiger partial charge < -0.3 is 4.74 Å². The number of hydrogen-bond donors (Lipinski definition) is 0. The molecule has 3 nitrogen and oxygen atoms in total. The Morgan fingerprint density at radius 2 is 1.61 bits per heavy atom. The average Bonchev–Trinajstić information content (AvgIpc) is 3.01. The van der Waals surface area contributed by atoms with Gasteiger partial charge in [-0.05, 0) is 36.4 Å². The fraction of sp³-hybridized carbons (Fsp3) is 0.118. The number of halogens is 3. The predicted molar refractivity (Wildman–Crippen MR) is 80.6 cm³/mol. The van der Waals surface area contributed by atoms with Gasteiger partial charge in [-0.25, -0.2) is 4.68 Å². The highest BCUT2D eigenvalue weighted by atomic mass is 19.4. The molecule has 1 heterocycles. The molecule has 118 valence electrons. The third-order valence-corrected chi connectivity index (χ3v) is 3.40. The van der Waals surface area contributed by atoms with Gasteiger partial charge >= 0.3 is 6.18 Å². The van der Waals surface area contributed by atoms with E-state index in [9.17, 15) is 13.2 Å². The molecule has 0 spiro atoms. The van der Waals surface area contributed by atoms with Crippen LogP contribution in [0, 0.1) is 0 Å². The van der Waals surface area contributed by atoms with Crippen LogP contribution in [0.5, 0.6) is 5.75 Å². The Morgan fingerprint density at radius 3 is 2.17 bits per heavy atom. The third kappa shape index (κ3) is 3.06. The van der Waals surface area contributed by atoms with Crippen molar-refractivity contribution >= 4 is 0 Å². The summed E-state index contributed by atoms with van der Waals surface area (Å²) in [7, 11) is 1.50. The molecule has 0 saturated carbocycles. The van der Waals surface area contributed by atoms with Gasteiger partial charge in [-0.2, -0.15) is 18.3 Å². The topological polar surface area (TPSA) is 27.1 Å². The molecule has 0 aliphatic carbocycles. The predicted octanol–water partition coefficient (Wildman–Crippen LogP) is 4.57. The van der Waals surface area contributed by atoms with Crippen molar-refractivity contribution < 1.29 is 17.9 Å². The molecule has 0 N–H and O–H groups in total. The van der Waals surface area contributed by atoms with E-state index in [2.05, 4.69) is 5.10 Å². The number of para-hydroxylation sites is 1. The molecule has 0 bridgehead atoms. The Bertz CT molecular complexity index is 793. The van der Waals surface area contributed by atoms with E-state index in [1.807, 2.05) is 0 Å². The van der Waals surface area contributed by atoms with Crippen molar-refractivity contribution in [3.05, 3.63) is 66.4 Å². The van der Waals surface area contributed by atoms with E-state index in [0.29, 0.717) is 17.0 Å². The molecule has 0 aliphatic rings. The largest absolute Gasteiger partial charge is 0.497 e. The van der Waals surface area contributed by atoms with Gasteiger partial charge in [0.25, 0.3) is 0 Å². The van der Waals surface area contributed by atoms with Crippen molar-refractivity contribution in [1.29, 1.82) is 0 Å². The van der Waals surface area contributed by atoms with Gasteiger partial charge in [-0.3, -0.25) is 0 Å². The van der Waals surface area contributed by atoms with Crippen molar-refractivity contribution in [2.45, 2.75) is 6.18 Å². The van der Waals surface area contributed by atoms with Crippen molar-refractivity contribution in [3.8, 4) is 22.7 Å². The number of hydrogen-bond acceptors (Lipinski definition) is 2. The first-order chi connectivity index (χ1) is 11.0. The first kappa shape index (κ1) is 15.1. The maximum Gasteiger partial charge on any atom is 0.420 e. The number of aromatic nitrogens is 2. The van der Waals surface area contributed by atoms with Crippen LogP contribution in [0.2, 0.25) is 0 Å². The van der Waals surface area contributed by atoms with Gasteiger partial charge in [0.2, 0.25) is 0 Å². The number of ether oxygens (including phenoxy) is 1. The van der Waals surface area contributed by atoms with Gasteiger partial charge in [0.05, 0.1) is 12.8 Å². The summed E-state index contributed by atoms with van der Waals surface area (Å²) in [5, 5.41) is 4.13. The molecular weight excluding hydrogens is 305 g/mol. The molecule has 3 aromatic rings. The summed E-state index contributed by atoms with van der Waals surface area (Å²) in [6.07, 6.45) is -3.48. The van der Waals surface area contributed by atoms with Crippen molar-refractivity contribution in [3.63, 3.8) is 0 Å². The summed E-state index contributed by atoms with van der Waals surface area (Å²) in [4.78, 5) is 0. The number of nitrogens with zero attached hydrogens (tertiary/aromatic N) is 2. The Labute approximate surface area is 130 Å². The van der Waals surface area contributed by atoms with Crippen LogP contribution in [-0.4, -0.2) is 16.9 Å². The maximum absolute atomic E-state index is 13.3. The molecule has 23 heavy (non-hydrogen) atoms. The van der Waals surface area contributed by atoms with Crippen LogP contribution < -0.4 is 4.74 Å². The van der Waals surface area contributed by atoms with Crippen molar-refractivity contribution in [1.82, 2.24) is 9.78 Å². The quantitative estimate of drug-likeness (QED) is 0.707. The summed E-state index contributed by atoms with van der Waals surface area (Å²) >= 11 is 0. The van der Waals surface area contributed by atoms with E-state index < -0.39 is 11.7 Å². The van der Waals surface area contributed by atoms with Crippen LogP contribution >= 0.6 is 0 Å². The van der Waals surface area contributed by atoms with Crippen molar-refractivity contribution in [2.24, 2.45) is 0 Å². The van der Waals surface area contributed by atoms with Crippen LogP contribution in [0.15, 0.2) is 60.8 Å². The van der Waals surface area contributed by atoms with Gasteiger partial charge in [0, 0.05) is 11.8 Å². The zero-order valence-electron chi connectivity index (χ0n) is 12.2. The van der Waals surface area contributed by atoms with Gasteiger partial charge in [0.1, 0.15) is 17.0 Å². The Morgan fingerprint density at radius 1 is 0.957 bits per heavy atom. The molecule has 2 aromatic carbocycles. The Hall–Kier alpha value is -2.76. The van der Waals surface area contributed by atoms with Gasteiger partial charge in [-0.1, -0.05) is 18.2 Å². The molecule has 0 saturated heterocycles. The third-order valence-electron chi connectivity index (χ3n) is 3.40. The lowest BCUT2D eigenvalue weighted by Gasteiger charge is -2.06. The number of methoxy groups -OCH3 is 1. The monoisotopic (exact) mass is 318 g/mol. The number of rotatable bonds is 3. The Balaban J connectivity index is 2.12. The van der Waals surface area contributed by atoms with E-state index >= 15 is 0 Å². The molecule has 1 aromatic heterocycles. The minimum atomic E-state index is -4.48. The fourth-order valence-electron chi connectivity index (χ4n) is 2.26. The van der Waals surface area contributed by atoms with E-state index in [1.165, 1.54) is 11.8 Å². The van der Waals surface area contributed by atoms with E-state index in [4.69, 9.17) is 4.74 Å². The first-order valence-electron chi connectivity index (χ1n) is 6.86. The average molecular weight is 318 g/mol. The highest BCUT2D eigenvalue weighted by Gasteiger charge is 2.36. The minimum Gasteiger partial charge on any atom is -0.497 e. The second-order valence-corrected chi connectivity index (χ2v) is 4.90. The lowest BCUT2D eigenvalue weighted by molar-refractivity contribution is -0.137. The van der Waals surface area contributed by atoms with E-state index in [0.717, 1.165) is 6.20 Å². The molecule has 0 amide bonds. The van der Waals surface area contributed by atoms with Crippen LogP contribution in [0.25, 0.3) is 16.9 Å². The minimum absolute atomic E-state index is 0.107. The van der Waals surface area contributed by atoms with Crippen LogP contribution in [-0.2, 0) is 6.18 Å². The smallest absolute Gasteiger partial charge is 0.420 e. The van der Waals surface area contributed by atoms with Gasteiger partial charge in [0.15, 0.2) is 0 Å². The SMILES string of the molecule is COc1ccc(-c2nn(-c3ccccc3)cc2C(F)(F)F)cc1. The van der Waals surface area contributed by atoms with Crippen LogP contribution in [0.1, 0.15) is 5.56 Å². The second kappa shape index (κ2) is 5.79. The highest BCUT2D eigenvalue weighted by Crippen LogP contribution is 2.37. The molecule has 6 heteroatoms. The lowest BCUT2D eigenvalue weighted by Crippen LogP contribution is -2.05. The molecule has 0 unspecified atom stereocenters. The normalized spacial score (nSPS) is 11.5. The second-order valence-electron chi connectivity index (χ2n) is 4.90. The fourth-order valence-corrected chi connectivity index (χ4v) is 2.26. The Kier molecular flexibility index (Phi) is 3.82. The molecular formula is C17H13F3N2O. The van der Waals surface area contributed by atoms with E-state index in [1.54, 1.807) is 54.6 Å². The standard InChI is InChI=1S/C17H13F3N2O/c1-23-14-9-7-12(8-10-14)16-15(17(18,19)20)11-22(21-16)13-5-3-2-4-6-13/h2-11H,1H3. The molecule has 0 radical (unpaired) electrons. The van der Waals surface area contributed by atoms with Crippen LogP contribution in [0.4, 0.5) is 13.2 Å². The number of benzene rings is 2. The summed E-state index contributed by atoms with van der Waals surface area (Å²) in [5.41, 5.74) is 0.0705. The lowest BCUT2D eigenvalue weighted by atomic mass is 10.1. The van der Waals surface area contributed by atoms with E-state index in [-0.39, 0.29) is 5.69 Å². The maximum atomic E-state index is 13.3. The summed E-state index contributed by atoms with van der Waals surface area (Å²) in [6.45, 7) is 0. The van der Waals surface area contributed by atoms with Crippen LogP contribution in [0.3, 0.4) is 0 Å². The number of alkyl halides is 3. The molecule has 0 fully saturated rings. The van der Waals surface area contributed by atoms with Gasteiger partial charge in [-0.15, -0.1) is 0 Å². The van der Waals surface area contributed by atoms with Crippen molar-refractivity contribution in [2.75, 3.05) is 7.11 Å². The summed E-state index contributed by atoms with van der Waals surface area (Å²) < 4.78 is 46.3. The summed E-state index contributed by atoms with van der Waals surface area (Å²) in [6, 6.07) is 15.0. The zero-order chi connectivity index (χ0) is 16.4. The molecule has 3 rings (SSSR count). The highest BCUT2D eigenvalue weighted by molar-refractivity contribution is 5.64. The first-order valence-corrected chi connectivity index (χ1v) is 6.86. The molecule has 0 aliphatic heterocycles. The zero-order valence-corrected chi connectivity index (χ0v) is 12.2. The summed E-state index contributed by atoms with van der Waals surface area (Å²) in [5.74, 6) is 0.574. The molecule has 0 atom stereocenters.